The smallest absolute Gasteiger partial charge is 0.240 e. The normalized spacial score (nSPS) is 20.2. The number of sulfonamides is 1. The van der Waals surface area contributed by atoms with Gasteiger partial charge in [-0.15, -0.1) is 0 Å². The van der Waals surface area contributed by atoms with Crippen molar-refractivity contribution >= 4 is 15.9 Å². The molecular weight excluding hydrogens is 368 g/mol. The molecule has 2 heterocycles. The van der Waals surface area contributed by atoms with E-state index < -0.39 is 10.0 Å². The van der Waals surface area contributed by atoms with Crippen LogP contribution in [0.4, 0.5) is 0 Å². The molecule has 1 aromatic carbocycles. The molecule has 0 radical (unpaired) electrons. The highest BCUT2D eigenvalue weighted by Gasteiger charge is 2.25. The maximum absolute atomic E-state index is 12.5. The van der Waals surface area contributed by atoms with Gasteiger partial charge >= 0.3 is 0 Å². The summed E-state index contributed by atoms with van der Waals surface area (Å²) in [5.41, 5.74) is 0. The Bertz CT molecular complexity index is 765. The fourth-order valence-corrected chi connectivity index (χ4v) is 4.63. The summed E-state index contributed by atoms with van der Waals surface area (Å²) in [6.45, 7) is 3.99. The quantitative estimate of drug-likeness (QED) is 0.798. The van der Waals surface area contributed by atoms with E-state index in [2.05, 4.69) is 11.6 Å². The second kappa shape index (κ2) is 8.93. The minimum atomic E-state index is -3.71. The number of nitrogens with zero attached hydrogens (tertiary/aromatic N) is 1. The van der Waals surface area contributed by atoms with Crippen molar-refractivity contribution in [2.24, 2.45) is 0 Å². The van der Waals surface area contributed by atoms with Gasteiger partial charge in [-0.2, -0.15) is 0 Å². The van der Waals surface area contributed by atoms with Gasteiger partial charge in [-0.25, -0.2) is 13.1 Å². The van der Waals surface area contributed by atoms with E-state index >= 15 is 0 Å². The predicted octanol–water partition coefficient (Wildman–Crippen LogP) is 2.31. The van der Waals surface area contributed by atoms with Gasteiger partial charge in [-0.1, -0.05) is 6.92 Å². The number of rotatable bonds is 6. The van der Waals surface area contributed by atoms with Crippen molar-refractivity contribution in [3.05, 3.63) is 18.2 Å². The molecule has 0 aliphatic carbocycles. The van der Waals surface area contributed by atoms with Crippen LogP contribution in [0.3, 0.4) is 0 Å². The average molecular weight is 397 g/mol. The van der Waals surface area contributed by atoms with Crippen LogP contribution in [0.15, 0.2) is 23.1 Å². The van der Waals surface area contributed by atoms with Crippen LogP contribution in [-0.4, -0.2) is 51.6 Å². The number of piperidine rings is 1. The van der Waals surface area contributed by atoms with Gasteiger partial charge in [0.25, 0.3) is 0 Å². The molecule has 8 heteroatoms. The lowest BCUT2D eigenvalue weighted by Gasteiger charge is -2.35. The fraction of sp³-hybridized carbons (Fsp3) is 0.632. The number of nitrogens with one attached hydrogen (secondary N) is 1. The zero-order valence-electron chi connectivity index (χ0n) is 15.8. The van der Waals surface area contributed by atoms with Crippen LogP contribution in [0.5, 0.6) is 11.5 Å². The van der Waals surface area contributed by atoms with E-state index in [1.54, 1.807) is 6.07 Å². The lowest BCUT2D eigenvalue weighted by molar-refractivity contribution is -0.134. The minimum Gasteiger partial charge on any atom is -0.490 e. The summed E-state index contributed by atoms with van der Waals surface area (Å²) in [6.07, 6.45) is 5.07. The third-order valence-electron chi connectivity index (χ3n) is 5.08. The molecule has 0 aromatic heterocycles. The van der Waals surface area contributed by atoms with Crippen LogP contribution in [0.25, 0.3) is 0 Å². The van der Waals surface area contributed by atoms with Crippen LogP contribution in [0.2, 0.25) is 0 Å². The largest absolute Gasteiger partial charge is 0.490 e. The van der Waals surface area contributed by atoms with Gasteiger partial charge in [0.2, 0.25) is 15.9 Å². The van der Waals surface area contributed by atoms with Gasteiger partial charge in [0, 0.05) is 38.0 Å². The molecule has 2 aliphatic heterocycles. The molecule has 1 atom stereocenters. The van der Waals surface area contributed by atoms with E-state index in [1.807, 2.05) is 4.90 Å². The summed E-state index contributed by atoms with van der Waals surface area (Å²) in [5, 5.41) is 0. The number of carbonyl (C=O) groups excluding carboxylic acids is 1. The lowest BCUT2D eigenvalue weighted by atomic mass is 9.99. The highest BCUT2D eigenvalue weighted by Crippen LogP contribution is 2.31. The third-order valence-corrected chi connectivity index (χ3v) is 6.54. The number of likely N-dealkylation sites (tertiary alicyclic amines) is 1. The van der Waals surface area contributed by atoms with Gasteiger partial charge in [-0.3, -0.25) is 4.79 Å². The molecule has 150 valence electrons. The Morgan fingerprint density at radius 3 is 2.74 bits per heavy atom. The number of benzene rings is 1. The molecule has 0 saturated carbocycles. The SMILES string of the molecule is CCC1CCCCN1C(=O)CCNS(=O)(=O)c1ccc2c(c1)OCCCO2. The van der Waals surface area contributed by atoms with Crippen LogP contribution in [0, 0.1) is 0 Å². The first-order valence-electron chi connectivity index (χ1n) is 9.70. The fourth-order valence-electron chi connectivity index (χ4n) is 3.58. The summed E-state index contributed by atoms with van der Waals surface area (Å²) in [5.74, 6) is 1.01. The van der Waals surface area contributed by atoms with E-state index in [4.69, 9.17) is 9.47 Å². The molecular formula is C19H28N2O5S. The summed E-state index contributed by atoms with van der Waals surface area (Å²) in [7, 11) is -3.71. The van der Waals surface area contributed by atoms with Crippen molar-refractivity contribution < 1.29 is 22.7 Å². The average Bonchev–Trinajstić information content (AvgIpc) is 2.92. The summed E-state index contributed by atoms with van der Waals surface area (Å²) >= 11 is 0. The van der Waals surface area contributed by atoms with Crippen LogP contribution >= 0.6 is 0 Å². The number of hydrogen-bond acceptors (Lipinski definition) is 5. The van der Waals surface area contributed by atoms with Crippen molar-refractivity contribution in [2.75, 3.05) is 26.3 Å². The van der Waals surface area contributed by atoms with E-state index in [9.17, 15) is 13.2 Å². The Kier molecular flexibility index (Phi) is 6.59. The van der Waals surface area contributed by atoms with Gasteiger partial charge in [-0.05, 0) is 37.8 Å². The number of hydrogen-bond donors (Lipinski definition) is 1. The first-order chi connectivity index (χ1) is 13.0. The molecule has 1 fully saturated rings. The van der Waals surface area contributed by atoms with Crippen molar-refractivity contribution in [2.45, 2.75) is 56.4 Å². The third kappa shape index (κ3) is 4.93. The van der Waals surface area contributed by atoms with Crippen molar-refractivity contribution in [1.82, 2.24) is 9.62 Å². The Morgan fingerprint density at radius 2 is 1.96 bits per heavy atom. The standard InChI is InChI=1S/C19H28N2O5S/c1-2-15-6-3-4-11-21(15)19(22)9-10-20-27(23,24)16-7-8-17-18(14-16)26-13-5-12-25-17/h7-8,14-15,20H,2-6,9-13H2,1H3. The Labute approximate surface area is 161 Å². The second-order valence-electron chi connectivity index (χ2n) is 6.95. The van der Waals surface area contributed by atoms with E-state index in [-0.39, 0.29) is 29.8 Å². The van der Waals surface area contributed by atoms with E-state index in [0.717, 1.165) is 38.6 Å². The van der Waals surface area contributed by atoms with Gasteiger partial charge in [0.05, 0.1) is 18.1 Å². The molecule has 0 bridgehead atoms. The van der Waals surface area contributed by atoms with Crippen LogP contribution in [0.1, 0.15) is 45.4 Å². The number of carbonyl (C=O) groups is 1. The summed E-state index contributed by atoms with van der Waals surface area (Å²) < 4.78 is 38.7. The second-order valence-corrected chi connectivity index (χ2v) is 8.72. The summed E-state index contributed by atoms with van der Waals surface area (Å²) in [4.78, 5) is 14.5. The molecule has 27 heavy (non-hydrogen) atoms. The molecule has 1 aromatic rings. The lowest BCUT2D eigenvalue weighted by Crippen LogP contribution is -2.44. The van der Waals surface area contributed by atoms with Gasteiger partial charge in [0.1, 0.15) is 0 Å². The number of ether oxygens (including phenoxy) is 2. The molecule has 1 unspecified atom stereocenters. The summed E-state index contributed by atoms with van der Waals surface area (Å²) in [6, 6.07) is 4.86. The number of fused-ring (bicyclic) bond motifs is 1. The molecule has 2 aliphatic rings. The van der Waals surface area contributed by atoms with E-state index in [1.165, 1.54) is 12.1 Å². The maximum Gasteiger partial charge on any atom is 0.240 e. The highest BCUT2D eigenvalue weighted by atomic mass is 32.2. The molecule has 1 N–H and O–H groups in total. The van der Waals surface area contributed by atoms with Crippen molar-refractivity contribution in [1.29, 1.82) is 0 Å². The monoisotopic (exact) mass is 396 g/mol. The molecule has 3 rings (SSSR count). The molecule has 7 nitrogen and oxygen atoms in total. The van der Waals surface area contributed by atoms with Crippen molar-refractivity contribution in [3.63, 3.8) is 0 Å². The highest BCUT2D eigenvalue weighted by molar-refractivity contribution is 7.89. The number of amides is 1. The maximum atomic E-state index is 12.5. The molecule has 1 amide bonds. The minimum absolute atomic E-state index is 0.0166. The molecule has 0 spiro atoms. The van der Waals surface area contributed by atoms with E-state index in [0.29, 0.717) is 24.7 Å². The first-order valence-corrected chi connectivity index (χ1v) is 11.2. The Balaban J connectivity index is 1.58. The van der Waals surface area contributed by atoms with Crippen molar-refractivity contribution in [3.8, 4) is 11.5 Å². The van der Waals surface area contributed by atoms with Gasteiger partial charge < -0.3 is 14.4 Å². The van der Waals surface area contributed by atoms with Crippen LogP contribution < -0.4 is 14.2 Å². The Morgan fingerprint density at radius 1 is 1.19 bits per heavy atom. The zero-order chi connectivity index (χ0) is 19.3. The zero-order valence-corrected chi connectivity index (χ0v) is 16.6. The van der Waals surface area contributed by atoms with Crippen LogP contribution in [-0.2, 0) is 14.8 Å². The predicted molar refractivity (Wildman–Crippen MR) is 101 cm³/mol. The first kappa shape index (κ1) is 19.9. The van der Waals surface area contributed by atoms with Gasteiger partial charge in [0.15, 0.2) is 11.5 Å². The Hall–Kier alpha value is -1.80. The molecule has 1 saturated heterocycles. The topological polar surface area (TPSA) is 84.9 Å².